The molecule has 3 rings (SSSR count). The zero-order valence-corrected chi connectivity index (χ0v) is 11.0. The van der Waals surface area contributed by atoms with Crippen LogP contribution in [0.15, 0.2) is 12.1 Å². The number of hydrogen-bond donors (Lipinski definition) is 2. The molecule has 7 nitrogen and oxygen atoms in total. The van der Waals surface area contributed by atoms with Crippen LogP contribution >= 0.6 is 0 Å². The normalized spacial score (nSPS) is 21.2. The highest BCUT2D eigenvalue weighted by Gasteiger charge is 2.37. The summed E-state index contributed by atoms with van der Waals surface area (Å²) in [6.45, 7) is 3.29. The van der Waals surface area contributed by atoms with Gasteiger partial charge in [-0.05, 0) is 13.8 Å². The van der Waals surface area contributed by atoms with E-state index in [1.807, 2.05) is 0 Å². The maximum Gasteiger partial charge on any atom is 0.326 e. The average Bonchev–Trinajstić information content (AvgIpc) is 2.84. The molecular formula is C13H14N2O5. The van der Waals surface area contributed by atoms with Crippen molar-refractivity contribution in [1.82, 2.24) is 0 Å². The molecule has 0 aliphatic carbocycles. The maximum absolute atomic E-state index is 12.3. The molecule has 0 saturated heterocycles. The minimum Gasteiger partial charge on any atom is -0.480 e. The molecule has 0 spiro atoms. The highest BCUT2D eigenvalue weighted by molar-refractivity contribution is 6.08. The van der Waals surface area contributed by atoms with Crippen molar-refractivity contribution in [3.63, 3.8) is 0 Å². The SMILES string of the molecule is CC1Nc2cc3c(cc2N(C(C)C(=O)O)C1=O)OCO3. The second-order valence-electron chi connectivity index (χ2n) is 4.81. The summed E-state index contributed by atoms with van der Waals surface area (Å²) >= 11 is 0. The van der Waals surface area contributed by atoms with Gasteiger partial charge >= 0.3 is 5.97 Å². The molecule has 0 saturated carbocycles. The summed E-state index contributed by atoms with van der Waals surface area (Å²) in [6, 6.07) is 1.91. The quantitative estimate of drug-likeness (QED) is 0.840. The minimum absolute atomic E-state index is 0.121. The van der Waals surface area contributed by atoms with Gasteiger partial charge in [0.25, 0.3) is 0 Å². The number of fused-ring (bicyclic) bond motifs is 2. The number of carboxylic acid groups (broad SMARTS) is 1. The number of ether oxygens (including phenoxy) is 2. The molecule has 2 unspecified atom stereocenters. The van der Waals surface area contributed by atoms with Crippen LogP contribution in [0.4, 0.5) is 11.4 Å². The van der Waals surface area contributed by atoms with Crippen LogP contribution < -0.4 is 19.7 Å². The Labute approximate surface area is 115 Å². The van der Waals surface area contributed by atoms with Crippen molar-refractivity contribution in [3.8, 4) is 11.5 Å². The molecule has 7 heteroatoms. The van der Waals surface area contributed by atoms with Crippen molar-refractivity contribution >= 4 is 23.3 Å². The number of nitrogens with one attached hydrogen (secondary N) is 1. The van der Waals surface area contributed by atoms with Crippen LogP contribution in [0.1, 0.15) is 13.8 Å². The Morgan fingerprint density at radius 3 is 2.75 bits per heavy atom. The van der Waals surface area contributed by atoms with Gasteiger partial charge < -0.3 is 19.9 Å². The summed E-state index contributed by atoms with van der Waals surface area (Å²) < 4.78 is 10.6. The lowest BCUT2D eigenvalue weighted by molar-refractivity contribution is -0.139. The molecule has 2 aliphatic heterocycles. The van der Waals surface area contributed by atoms with Crippen molar-refractivity contribution < 1.29 is 24.2 Å². The molecule has 0 fully saturated rings. The standard InChI is InChI=1S/C13H14N2O5/c1-6-12(16)15(7(2)13(17)18)9-4-11-10(19-5-20-11)3-8(9)14-6/h3-4,6-7,14H,5H2,1-2H3,(H,17,18). The van der Waals surface area contributed by atoms with Gasteiger partial charge in [0.1, 0.15) is 12.1 Å². The van der Waals surface area contributed by atoms with Gasteiger partial charge in [-0.1, -0.05) is 0 Å². The van der Waals surface area contributed by atoms with Gasteiger partial charge in [0.15, 0.2) is 11.5 Å². The highest BCUT2D eigenvalue weighted by Crippen LogP contribution is 2.43. The lowest BCUT2D eigenvalue weighted by atomic mass is 10.1. The number of aliphatic carboxylic acids is 1. The molecule has 2 atom stereocenters. The van der Waals surface area contributed by atoms with Gasteiger partial charge in [-0.25, -0.2) is 4.79 Å². The molecule has 1 amide bonds. The first-order valence-electron chi connectivity index (χ1n) is 6.25. The van der Waals surface area contributed by atoms with E-state index in [4.69, 9.17) is 9.47 Å². The van der Waals surface area contributed by atoms with E-state index >= 15 is 0 Å². The van der Waals surface area contributed by atoms with Crippen LogP contribution in [-0.2, 0) is 9.59 Å². The van der Waals surface area contributed by atoms with E-state index in [1.165, 1.54) is 11.8 Å². The zero-order chi connectivity index (χ0) is 14.4. The second kappa shape index (κ2) is 4.29. The van der Waals surface area contributed by atoms with Crippen LogP contribution in [0.3, 0.4) is 0 Å². The van der Waals surface area contributed by atoms with Crippen molar-refractivity contribution in [3.05, 3.63) is 12.1 Å². The van der Waals surface area contributed by atoms with Crippen LogP contribution in [0.2, 0.25) is 0 Å². The Morgan fingerprint density at radius 2 is 2.10 bits per heavy atom. The summed E-state index contributed by atoms with van der Waals surface area (Å²) in [5.74, 6) is -0.251. The van der Waals surface area contributed by atoms with Crippen LogP contribution in [-0.4, -0.2) is 35.9 Å². The second-order valence-corrected chi connectivity index (χ2v) is 4.81. The fourth-order valence-corrected chi connectivity index (χ4v) is 2.38. The van der Waals surface area contributed by atoms with Crippen LogP contribution in [0.5, 0.6) is 11.5 Å². The Kier molecular flexibility index (Phi) is 2.70. The number of carbonyl (C=O) groups is 2. The molecule has 2 aliphatic rings. The largest absolute Gasteiger partial charge is 0.480 e. The van der Waals surface area contributed by atoms with E-state index in [-0.39, 0.29) is 12.7 Å². The monoisotopic (exact) mass is 278 g/mol. The number of carboxylic acids is 1. The Morgan fingerprint density at radius 1 is 1.45 bits per heavy atom. The minimum atomic E-state index is -1.06. The third kappa shape index (κ3) is 1.74. The third-order valence-electron chi connectivity index (χ3n) is 3.47. The van der Waals surface area contributed by atoms with Gasteiger partial charge in [0, 0.05) is 12.1 Å². The summed E-state index contributed by atoms with van der Waals surface area (Å²) in [4.78, 5) is 24.8. The lowest BCUT2D eigenvalue weighted by Gasteiger charge is -2.36. The molecule has 2 heterocycles. The third-order valence-corrected chi connectivity index (χ3v) is 3.47. The first-order valence-corrected chi connectivity index (χ1v) is 6.25. The Hall–Kier alpha value is -2.44. The summed E-state index contributed by atoms with van der Waals surface area (Å²) in [6.07, 6.45) is 0. The van der Waals surface area contributed by atoms with E-state index in [0.29, 0.717) is 22.9 Å². The van der Waals surface area contributed by atoms with Gasteiger partial charge in [0.2, 0.25) is 12.7 Å². The smallest absolute Gasteiger partial charge is 0.326 e. The number of amides is 1. The average molecular weight is 278 g/mol. The van der Waals surface area contributed by atoms with E-state index in [1.54, 1.807) is 19.1 Å². The number of nitrogens with zero attached hydrogens (tertiary/aromatic N) is 1. The topological polar surface area (TPSA) is 88.1 Å². The number of anilines is 2. The molecule has 20 heavy (non-hydrogen) atoms. The van der Waals surface area contributed by atoms with Crippen molar-refractivity contribution in [2.45, 2.75) is 25.9 Å². The highest BCUT2D eigenvalue weighted by atomic mass is 16.7. The molecule has 0 bridgehead atoms. The Bertz CT molecular complexity index is 601. The summed E-state index contributed by atoms with van der Waals surface area (Å²) in [5.41, 5.74) is 1.15. The number of rotatable bonds is 2. The van der Waals surface area contributed by atoms with Crippen LogP contribution in [0.25, 0.3) is 0 Å². The lowest BCUT2D eigenvalue weighted by Crippen LogP contribution is -2.52. The molecular weight excluding hydrogens is 264 g/mol. The summed E-state index contributed by atoms with van der Waals surface area (Å²) in [7, 11) is 0. The number of benzene rings is 1. The van der Waals surface area contributed by atoms with Gasteiger partial charge in [-0.3, -0.25) is 9.69 Å². The fraction of sp³-hybridized carbons (Fsp3) is 0.385. The van der Waals surface area contributed by atoms with E-state index in [9.17, 15) is 14.7 Å². The van der Waals surface area contributed by atoms with E-state index in [0.717, 1.165) is 0 Å². The molecule has 106 valence electrons. The first kappa shape index (κ1) is 12.6. The number of hydrogen-bond acceptors (Lipinski definition) is 5. The number of carbonyl (C=O) groups excluding carboxylic acids is 1. The molecule has 1 aromatic carbocycles. The molecule has 0 aromatic heterocycles. The molecule has 2 N–H and O–H groups in total. The predicted octanol–water partition coefficient (Wildman–Crippen LogP) is 1.04. The van der Waals surface area contributed by atoms with Crippen molar-refractivity contribution in [2.24, 2.45) is 0 Å². The van der Waals surface area contributed by atoms with Gasteiger partial charge in [-0.15, -0.1) is 0 Å². The van der Waals surface area contributed by atoms with Gasteiger partial charge in [-0.2, -0.15) is 0 Å². The zero-order valence-electron chi connectivity index (χ0n) is 11.0. The fourth-order valence-electron chi connectivity index (χ4n) is 2.38. The first-order chi connectivity index (χ1) is 9.49. The van der Waals surface area contributed by atoms with Crippen molar-refractivity contribution in [1.29, 1.82) is 0 Å². The van der Waals surface area contributed by atoms with E-state index < -0.39 is 18.1 Å². The van der Waals surface area contributed by atoms with Gasteiger partial charge in [0.05, 0.1) is 11.4 Å². The molecule has 0 radical (unpaired) electrons. The summed E-state index contributed by atoms with van der Waals surface area (Å²) in [5, 5.41) is 12.2. The van der Waals surface area contributed by atoms with E-state index in [2.05, 4.69) is 5.32 Å². The Balaban J connectivity index is 2.12. The van der Waals surface area contributed by atoms with Crippen LogP contribution in [0, 0.1) is 0 Å². The maximum atomic E-state index is 12.3. The molecule has 1 aromatic rings. The predicted molar refractivity (Wildman–Crippen MR) is 70.2 cm³/mol. The van der Waals surface area contributed by atoms with Crippen molar-refractivity contribution in [2.75, 3.05) is 17.0 Å².